The Bertz CT molecular complexity index is 4880. The van der Waals surface area contributed by atoms with Crippen LogP contribution in [0.25, 0.3) is 60.9 Å². The van der Waals surface area contributed by atoms with Gasteiger partial charge in [0, 0.05) is 61.5 Å². The maximum absolute atomic E-state index is 8.33. The van der Waals surface area contributed by atoms with Gasteiger partial charge < -0.3 is 19.1 Å². The molecule has 84 heavy (non-hydrogen) atoms. The number of hydrogen-bond donors (Lipinski definition) is 0. The van der Waals surface area contributed by atoms with Crippen LogP contribution >= 0.6 is 0 Å². The van der Waals surface area contributed by atoms with E-state index in [1.807, 2.05) is 0 Å². The van der Waals surface area contributed by atoms with Crippen LogP contribution in [0, 0.1) is 0 Å². The van der Waals surface area contributed by atoms with E-state index in [2.05, 4.69) is 324 Å². The number of para-hydroxylation sites is 6. The van der Waals surface area contributed by atoms with E-state index in [0.29, 0.717) is 0 Å². The first-order valence-corrected chi connectivity index (χ1v) is 29.1. The highest BCUT2D eigenvalue weighted by Gasteiger charge is 2.58. The summed E-state index contributed by atoms with van der Waals surface area (Å²) in [4.78, 5) is 4.88. The van der Waals surface area contributed by atoms with E-state index < -0.39 is 10.8 Å². The standard InChI is InChI=1S/C80H51N3O/c1-5-25-52(26-6-1)81(53-27-7-2-8-28-53)73-45-23-42-67-75(73)76-68(79(67)63-38-18-13-33-57(63)58-34-14-19-39-64(58)79)48-49-70-78(76)84-77-69(80(70)65-40-20-15-35-59(65)60-36-16-21-41-66(60)80)43-24-46-74(77)82(54-29-9-3-10-30-54)56-47-50-72-62(51-56)61-37-17-22-44-71(61)83(72)55-31-11-4-12-32-55/h1-51H. The summed E-state index contributed by atoms with van der Waals surface area (Å²) in [5.41, 5.74) is 25.1. The Kier molecular flexibility index (Phi) is 9.90. The average Bonchev–Trinajstić information content (AvgIpc) is 1.56. The summed E-state index contributed by atoms with van der Waals surface area (Å²) in [7, 11) is 0. The van der Waals surface area contributed by atoms with Crippen molar-refractivity contribution in [3.63, 3.8) is 0 Å². The molecular weight excluding hydrogens is 1020 g/mol. The van der Waals surface area contributed by atoms with Gasteiger partial charge in [0.15, 0.2) is 5.75 Å². The SMILES string of the molecule is c1ccc(N(c2ccc3c(c2)c2ccccc2n3-c2ccccc2)c2cccc3c2Oc2c(ccc4c2-c2c(N(c5ccccc5)c5ccccc5)cccc2C42c4ccccc4-c4ccccc42)C32c3ccccc3-c3ccccc32)cc1. The second-order valence-electron chi connectivity index (χ2n) is 22.6. The minimum atomic E-state index is -0.800. The number of aromatic nitrogens is 1. The molecule has 2 spiro atoms. The maximum atomic E-state index is 8.33. The zero-order chi connectivity index (χ0) is 55.1. The van der Waals surface area contributed by atoms with E-state index >= 15 is 0 Å². The minimum absolute atomic E-state index is 0.686. The molecule has 0 unspecified atom stereocenters. The molecule has 3 aliphatic carbocycles. The Labute approximate surface area is 487 Å². The van der Waals surface area contributed by atoms with Crippen LogP contribution in [0.5, 0.6) is 11.5 Å². The molecule has 0 saturated heterocycles. The van der Waals surface area contributed by atoms with Crippen LogP contribution in [-0.2, 0) is 10.8 Å². The summed E-state index contributed by atoms with van der Waals surface area (Å²) in [6.07, 6.45) is 0. The smallest absolute Gasteiger partial charge is 0.156 e. The van der Waals surface area contributed by atoms with E-state index in [-0.39, 0.29) is 0 Å². The third-order valence-electron chi connectivity index (χ3n) is 18.6. The van der Waals surface area contributed by atoms with E-state index in [1.165, 1.54) is 66.4 Å². The van der Waals surface area contributed by atoms with Gasteiger partial charge in [-0.15, -0.1) is 0 Å². The van der Waals surface area contributed by atoms with Crippen LogP contribution in [0.1, 0.15) is 44.5 Å². The minimum Gasteiger partial charge on any atom is -0.454 e. The summed E-state index contributed by atoms with van der Waals surface area (Å²) in [5.74, 6) is 1.68. The van der Waals surface area contributed by atoms with E-state index in [9.17, 15) is 0 Å². The fourth-order valence-electron chi connectivity index (χ4n) is 15.5. The lowest BCUT2D eigenvalue weighted by Gasteiger charge is -2.42. The summed E-state index contributed by atoms with van der Waals surface area (Å²) in [6.45, 7) is 0. The Morgan fingerprint density at radius 1 is 0.262 bits per heavy atom. The second-order valence-corrected chi connectivity index (χ2v) is 22.6. The lowest BCUT2D eigenvalue weighted by Crippen LogP contribution is -2.33. The Morgan fingerprint density at radius 2 is 0.667 bits per heavy atom. The van der Waals surface area contributed by atoms with Crippen molar-refractivity contribution in [2.45, 2.75) is 10.8 Å². The number of nitrogens with zero attached hydrogens (tertiary/aromatic N) is 3. The van der Waals surface area contributed by atoms with Crippen molar-refractivity contribution in [3.05, 3.63) is 354 Å². The Balaban J connectivity index is 0.975. The molecule has 2 heterocycles. The van der Waals surface area contributed by atoms with E-state index in [0.717, 1.165) is 84.6 Å². The first-order valence-electron chi connectivity index (χ1n) is 29.1. The lowest BCUT2D eigenvalue weighted by atomic mass is 9.64. The number of anilines is 6. The van der Waals surface area contributed by atoms with Gasteiger partial charge in [-0.3, -0.25) is 0 Å². The Morgan fingerprint density at radius 3 is 1.24 bits per heavy atom. The van der Waals surface area contributed by atoms with Gasteiger partial charge in [0.25, 0.3) is 0 Å². The summed E-state index contributed by atoms with van der Waals surface area (Å²) in [6, 6.07) is 114. The fraction of sp³-hybridized carbons (Fsp3) is 0.0250. The molecule has 0 N–H and O–H groups in total. The zero-order valence-electron chi connectivity index (χ0n) is 45.7. The predicted octanol–water partition coefficient (Wildman–Crippen LogP) is 20.5. The highest BCUT2D eigenvalue weighted by Crippen LogP contribution is 2.71. The molecular formula is C80H51N3O. The molecule has 0 amide bonds. The molecule has 18 rings (SSSR count). The zero-order valence-corrected chi connectivity index (χ0v) is 45.7. The van der Waals surface area contributed by atoms with Gasteiger partial charge in [-0.1, -0.05) is 224 Å². The van der Waals surface area contributed by atoms with E-state index in [1.54, 1.807) is 0 Å². The fourth-order valence-corrected chi connectivity index (χ4v) is 15.5. The van der Waals surface area contributed by atoms with Crippen LogP contribution in [-0.4, -0.2) is 4.57 Å². The molecule has 0 fully saturated rings. The lowest BCUT2D eigenvalue weighted by molar-refractivity contribution is 0.438. The molecule has 4 heteroatoms. The largest absolute Gasteiger partial charge is 0.454 e. The van der Waals surface area contributed by atoms with Crippen LogP contribution in [0.2, 0.25) is 0 Å². The van der Waals surface area contributed by atoms with Crippen LogP contribution in [0.4, 0.5) is 34.1 Å². The molecule has 4 aliphatic rings. The molecule has 1 aromatic heterocycles. The maximum Gasteiger partial charge on any atom is 0.156 e. The van der Waals surface area contributed by atoms with Crippen molar-refractivity contribution in [2.75, 3.05) is 9.80 Å². The van der Waals surface area contributed by atoms with Crippen LogP contribution < -0.4 is 14.5 Å². The summed E-state index contributed by atoms with van der Waals surface area (Å²) in [5, 5.41) is 2.36. The quantitative estimate of drug-likeness (QED) is 0.159. The van der Waals surface area contributed by atoms with Gasteiger partial charge in [0.1, 0.15) is 5.75 Å². The van der Waals surface area contributed by atoms with Crippen LogP contribution in [0.15, 0.2) is 309 Å². The molecule has 0 radical (unpaired) electrons. The highest BCUT2D eigenvalue weighted by molar-refractivity contribution is 6.11. The van der Waals surface area contributed by atoms with Crippen molar-refractivity contribution in [3.8, 4) is 50.6 Å². The first kappa shape index (κ1) is 46.8. The molecule has 14 aromatic rings. The van der Waals surface area contributed by atoms with Crippen molar-refractivity contribution in [1.82, 2.24) is 4.57 Å². The van der Waals surface area contributed by atoms with Crippen molar-refractivity contribution < 1.29 is 4.74 Å². The monoisotopic (exact) mass is 1070 g/mol. The van der Waals surface area contributed by atoms with Crippen molar-refractivity contribution in [1.29, 1.82) is 0 Å². The molecule has 392 valence electrons. The first-order chi connectivity index (χ1) is 41.7. The number of benzene rings is 13. The predicted molar refractivity (Wildman–Crippen MR) is 344 cm³/mol. The summed E-state index contributed by atoms with van der Waals surface area (Å²) < 4.78 is 10.7. The molecule has 1 aliphatic heterocycles. The van der Waals surface area contributed by atoms with Gasteiger partial charge >= 0.3 is 0 Å². The normalized spacial score (nSPS) is 13.8. The highest BCUT2D eigenvalue weighted by atomic mass is 16.5. The summed E-state index contributed by atoms with van der Waals surface area (Å²) >= 11 is 0. The van der Waals surface area contributed by atoms with Gasteiger partial charge in [0.05, 0.1) is 33.2 Å². The average molecular weight is 1070 g/mol. The molecule has 0 saturated carbocycles. The molecule has 0 bridgehead atoms. The Hall–Kier alpha value is -10.9. The second kappa shape index (κ2) is 17.8. The molecule has 4 nitrogen and oxygen atoms in total. The number of ether oxygens (including phenoxy) is 1. The number of hydrogen-bond acceptors (Lipinski definition) is 3. The third-order valence-corrected chi connectivity index (χ3v) is 18.6. The van der Waals surface area contributed by atoms with Gasteiger partial charge in [0.2, 0.25) is 0 Å². The van der Waals surface area contributed by atoms with Crippen molar-refractivity contribution >= 4 is 55.9 Å². The third kappa shape index (κ3) is 6.15. The number of rotatable bonds is 7. The molecule has 0 atom stereocenters. The van der Waals surface area contributed by atoms with Gasteiger partial charge in [-0.25, -0.2) is 0 Å². The van der Waals surface area contributed by atoms with Crippen LogP contribution in [0.3, 0.4) is 0 Å². The van der Waals surface area contributed by atoms with E-state index in [4.69, 9.17) is 4.74 Å². The number of fused-ring (bicyclic) bond motifs is 23. The topological polar surface area (TPSA) is 20.6 Å². The van der Waals surface area contributed by atoms with Gasteiger partial charge in [-0.05, 0) is 141 Å². The van der Waals surface area contributed by atoms with Crippen molar-refractivity contribution in [2.24, 2.45) is 0 Å². The van der Waals surface area contributed by atoms with Gasteiger partial charge in [-0.2, -0.15) is 0 Å². The molecule has 13 aromatic carbocycles.